The first-order chi connectivity index (χ1) is 53.5. The summed E-state index contributed by atoms with van der Waals surface area (Å²) in [6.07, 6.45) is 5.89. The maximum atomic E-state index is 14.5. The quantitative estimate of drug-likeness (QED) is 0.0302. The number of hydroxylamine groups is 3. The summed E-state index contributed by atoms with van der Waals surface area (Å²) in [4.78, 5) is 106. The van der Waals surface area contributed by atoms with E-state index in [2.05, 4.69) is 0 Å². The van der Waals surface area contributed by atoms with Gasteiger partial charge in [-0.2, -0.15) is 0 Å². The standard InChI is InChI=1S/C22H23N3O4.C21H21N3O5.C20H18ClN3O4.C19H19FN2O3/c1-24-19-6-5-18(29-2)12-17(19)13-20(24)22(27)25-9-7-14-3-4-16(21(26)23-28)11-15(14)8-10-25;1-23-17-5-4-15(28-2)7-12(17)8-18(23)21(26)24-10-14-6-13(20(25)22-27)9-19(29-3)16(14)11-24;1-23-17-4-3-14(28-2)6-11(17)8-18(23)20(26)24-9-13-5-12(19(25)22-27)7-16(21)15(13)10-24;20-18-14-7-9-21(10-12(14)3-6-15(18)17(24)11-23)19(25)16-2-1-8-22(16)13-4-5-13/h3-6,11-13,28H,7-10H2,1-2H3,(H,23,26);4-9,27H,10-11H2,1-3H3,(H,22,25);3-8,27H,9-10H2,1-2H3,(H,22,25);1-3,6,8,13,23H,4-5,7,9-11H2. The van der Waals surface area contributed by atoms with Gasteiger partial charge in [-0.25, -0.2) is 20.8 Å². The Hall–Kier alpha value is -12.3. The lowest BCUT2D eigenvalue weighted by Crippen LogP contribution is -2.37. The van der Waals surface area contributed by atoms with E-state index in [1.165, 1.54) is 19.2 Å². The summed E-state index contributed by atoms with van der Waals surface area (Å²) < 4.78 is 43.4. The van der Waals surface area contributed by atoms with Crippen molar-refractivity contribution in [1.29, 1.82) is 0 Å². The minimum absolute atomic E-state index is 0.0104. The van der Waals surface area contributed by atoms with Crippen molar-refractivity contribution in [1.82, 2.24) is 54.3 Å². The van der Waals surface area contributed by atoms with Crippen LogP contribution >= 0.6 is 11.6 Å². The molecule has 29 heteroatoms. The van der Waals surface area contributed by atoms with Gasteiger partial charge in [0.2, 0.25) is 0 Å². The molecule has 7 amide bonds. The third kappa shape index (κ3) is 15.4. The van der Waals surface area contributed by atoms with Crippen LogP contribution in [0.3, 0.4) is 0 Å². The van der Waals surface area contributed by atoms with E-state index in [1.54, 1.807) is 88.9 Å². The minimum Gasteiger partial charge on any atom is -0.497 e. The molecule has 0 unspecified atom stereocenters. The molecule has 111 heavy (non-hydrogen) atoms. The zero-order valence-corrected chi connectivity index (χ0v) is 62.6. The number of aromatic nitrogens is 4. The predicted molar refractivity (Wildman–Crippen MR) is 406 cm³/mol. The van der Waals surface area contributed by atoms with E-state index in [0.717, 1.165) is 108 Å². The number of nitrogens with one attached hydrogen (secondary N) is 3. The van der Waals surface area contributed by atoms with Gasteiger partial charge in [-0.3, -0.25) is 54.0 Å². The molecule has 16 rings (SSSR count). The average Bonchev–Trinajstić information content (AvgIpc) is 1.55. The maximum absolute atomic E-state index is 14.5. The van der Waals surface area contributed by atoms with Gasteiger partial charge in [0.25, 0.3) is 41.4 Å². The second kappa shape index (κ2) is 32.5. The zero-order chi connectivity index (χ0) is 78.8. The number of ketones is 1. The van der Waals surface area contributed by atoms with Crippen molar-refractivity contribution >= 4 is 91.4 Å². The van der Waals surface area contributed by atoms with Crippen molar-refractivity contribution in [3.05, 3.63) is 246 Å². The Bertz CT molecular complexity index is 5560. The van der Waals surface area contributed by atoms with Crippen molar-refractivity contribution in [2.45, 2.75) is 70.9 Å². The number of aliphatic hydroxyl groups is 1. The van der Waals surface area contributed by atoms with Gasteiger partial charge < -0.3 is 61.9 Å². The predicted octanol–water partition coefficient (Wildman–Crippen LogP) is 10.5. The molecule has 574 valence electrons. The third-order valence-electron chi connectivity index (χ3n) is 21.1. The number of halogens is 2. The maximum Gasteiger partial charge on any atom is 0.274 e. The van der Waals surface area contributed by atoms with Crippen molar-refractivity contribution in [3.8, 4) is 23.0 Å². The topological polar surface area (TPSA) is 323 Å². The number of fused-ring (bicyclic) bond motifs is 7. The van der Waals surface area contributed by atoms with Gasteiger partial charge in [-0.1, -0.05) is 23.7 Å². The van der Waals surface area contributed by atoms with Crippen molar-refractivity contribution < 1.29 is 82.4 Å². The van der Waals surface area contributed by atoms with Gasteiger partial charge in [0.1, 0.15) is 58.2 Å². The van der Waals surface area contributed by atoms with Gasteiger partial charge in [0.15, 0.2) is 5.78 Å². The number of carbonyl (C=O) groups is 8. The molecule has 4 aliphatic heterocycles. The Kier molecular flexibility index (Phi) is 22.5. The number of amides is 7. The normalized spacial score (nSPS) is 13.9. The molecule has 1 saturated carbocycles. The summed E-state index contributed by atoms with van der Waals surface area (Å²) in [5, 5.41) is 38.7. The number of nitrogens with zero attached hydrogens (tertiary/aromatic N) is 8. The molecule has 7 aromatic carbocycles. The number of aliphatic hydroxyl groups excluding tert-OH is 1. The number of rotatable bonds is 14. The largest absolute Gasteiger partial charge is 0.497 e. The van der Waals surface area contributed by atoms with Crippen LogP contribution in [0.4, 0.5) is 4.39 Å². The van der Waals surface area contributed by atoms with E-state index in [9.17, 15) is 42.7 Å². The van der Waals surface area contributed by atoms with Crippen LogP contribution in [0.1, 0.15) is 147 Å². The number of benzene rings is 7. The molecule has 7 N–H and O–H groups in total. The molecule has 0 bridgehead atoms. The average molecular weight is 1530 g/mol. The van der Waals surface area contributed by atoms with E-state index < -0.39 is 35.9 Å². The Balaban J connectivity index is 0.000000130. The van der Waals surface area contributed by atoms with Crippen LogP contribution in [0.25, 0.3) is 32.7 Å². The number of methoxy groups -OCH3 is 4. The van der Waals surface area contributed by atoms with E-state index >= 15 is 0 Å². The molecule has 0 radical (unpaired) electrons. The van der Waals surface area contributed by atoms with Gasteiger partial charge in [-0.05, 0) is 198 Å². The van der Waals surface area contributed by atoms with Crippen molar-refractivity contribution in [2.24, 2.45) is 21.1 Å². The van der Waals surface area contributed by atoms with Gasteiger partial charge in [0, 0.05) is 139 Å². The van der Waals surface area contributed by atoms with Crippen LogP contribution in [-0.4, -0.2) is 160 Å². The lowest BCUT2D eigenvalue weighted by Gasteiger charge is -2.30. The molecule has 0 atom stereocenters. The van der Waals surface area contributed by atoms with Crippen LogP contribution in [0.2, 0.25) is 5.02 Å². The molecule has 0 saturated heterocycles. The highest BCUT2D eigenvalue weighted by atomic mass is 35.5. The number of aryl methyl sites for hydroxylation is 3. The van der Waals surface area contributed by atoms with Crippen LogP contribution in [0, 0.1) is 5.82 Å². The van der Waals surface area contributed by atoms with E-state index in [0.29, 0.717) is 116 Å². The lowest BCUT2D eigenvalue weighted by molar-refractivity contribution is 0.0701. The fourth-order valence-corrected chi connectivity index (χ4v) is 15.2. The first-order valence-corrected chi connectivity index (χ1v) is 36.0. The number of carbonyl (C=O) groups excluding carboxylic acids is 8. The molecular weight excluding hydrogens is 1450 g/mol. The highest BCUT2D eigenvalue weighted by Gasteiger charge is 2.35. The van der Waals surface area contributed by atoms with E-state index in [1.807, 2.05) is 142 Å². The first-order valence-electron chi connectivity index (χ1n) is 35.7. The summed E-state index contributed by atoms with van der Waals surface area (Å²) in [5.74, 6) is -0.553. The van der Waals surface area contributed by atoms with Crippen LogP contribution in [-0.2, 0) is 73.1 Å². The number of ether oxygens (including phenoxy) is 4. The molecule has 4 aromatic heterocycles. The zero-order valence-electron chi connectivity index (χ0n) is 61.9. The summed E-state index contributed by atoms with van der Waals surface area (Å²) in [5.41, 5.74) is 17.6. The Labute approximate surface area is 640 Å². The smallest absolute Gasteiger partial charge is 0.274 e. The van der Waals surface area contributed by atoms with E-state index in [4.69, 9.17) is 51.3 Å². The second-order valence-corrected chi connectivity index (χ2v) is 27.9. The molecule has 1 aliphatic carbocycles. The minimum atomic E-state index is -0.710. The first kappa shape index (κ1) is 76.8. The molecule has 0 spiro atoms. The lowest BCUT2D eigenvalue weighted by atomic mass is 9.95. The highest BCUT2D eigenvalue weighted by Crippen LogP contribution is 2.39. The Morgan fingerprint density at radius 1 is 0.450 bits per heavy atom. The van der Waals surface area contributed by atoms with Crippen molar-refractivity contribution in [2.75, 3.05) is 54.7 Å². The number of hydrogen-bond acceptors (Lipinski definition) is 16. The molecule has 5 aliphatic rings. The fraction of sp³-hybridized carbons (Fsp3) is 0.268. The van der Waals surface area contributed by atoms with Crippen molar-refractivity contribution in [3.63, 3.8) is 0 Å². The highest BCUT2D eigenvalue weighted by molar-refractivity contribution is 6.32. The Morgan fingerprint density at radius 3 is 1.41 bits per heavy atom. The van der Waals surface area contributed by atoms with Crippen LogP contribution in [0.15, 0.2) is 146 Å². The van der Waals surface area contributed by atoms with Crippen LogP contribution in [0.5, 0.6) is 23.0 Å². The van der Waals surface area contributed by atoms with Gasteiger partial charge >= 0.3 is 0 Å². The fourth-order valence-electron chi connectivity index (χ4n) is 14.9. The van der Waals surface area contributed by atoms with Crippen LogP contribution < -0.4 is 35.4 Å². The number of Topliss-reactive ketones (excluding diaryl/α,β-unsaturated/α-hetero) is 1. The summed E-state index contributed by atoms with van der Waals surface area (Å²) >= 11 is 6.30. The molecular formula is C82H81ClFN11O16. The van der Waals surface area contributed by atoms with Gasteiger partial charge in [-0.15, -0.1) is 0 Å². The SMILES string of the molecule is COc1ccc2c(c1)cc(C(=O)N1CCc3ccc(C(=O)NO)cc3CC1)n2C.COc1ccc2c(c1)cc(C(=O)N1Cc3cc(C(=O)NO)cc(Cl)c3C1)n2C.COc1ccc2c(c1)cc(C(=O)N1Cc3cc(C(=O)NO)cc(OC)c3C1)n2C.O=C(CO)c1ccc2c(c1F)CCN(C(=O)c1cccn1C1CC1)C2. The Morgan fingerprint density at radius 2 is 0.901 bits per heavy atom. The van der Waals surface area contributed by atoms with E-state index in [-0.39, 0.29) is 40.3 Å². The molecule has 8 heterocycles. The summed E-state index contributed by atoms with van der Waals surface area (Å²) in [6, 6.07) is 41.7. The van der Waals surface area contributed by atoms with Gasteiger partial charge in [0.05, 0.1) is 40.5 Å². The molecule has 27 nitrogen and oxygen atoms in total. The second-order valence-electron chi connectivity index (χ2n) is 27.5. The summed E-state index contributed by atoms with van der Waals surface area (Å²) in [6.45, 7) is 2.64. The monoisotopic (exact) mass is 1530 g/mol. The third-order valence-corrected chi connectivity index (χ3v) is 21.4. The molecule has 11 aromatic rings. The number of hydrogen-bond donors (Lipinski definition) is 7. The summed E-state index contributed by atoms with van der Waals surface area (Å²) in [7, 11) is 12.0. The molecule has 1 fully saturated rings.